The molecule has 0 saturated heterocycles. The van der Waals surface area contributed by atoms with Crippen LogP contribution in [0.25, 0.3) is 5.78 Å². The van der Waals surface area contributed by atoms with Gasteiger partial charge >= 0.3 is 5.97 Å². The Morgan fingerprint density at radius 2 is 2.19 bits per heavy atom. The van der Waals surface area contributed by atoms with Gasteiger partial charge in [0.25, 0.3) is 11.7 Å². The van der Waals surface area contributed by atoms with Crippen molar-refractivity contribution in [1.82, 2.24) is 24.5 Å². The molecule has 0 radical (unpaired) electrons. The first-order valence-corrected chi connectivity index (χ1v) is 6.82. The van der Waals surface area contributed by atoms with Gasteiger partial charge in [-0.2, -0.15) is 10.1 Å². The molecule has 0 spiro atoms. The average Bonchev–Trinajstić information content (AvgIpc) is 3.19. The molecule has 2 heterocycles. The fraction of sp³-hybridized carbons (Fsp3) is 0.462. The van der Waals surface area contributed by atoms with Crippen LogP contribution in [0.3, 0.4) is 0 Å². The van der Waals surface area contributed by atoms with Gasteiger partial charge in [-0.25, -0.2) is 9.50 Å². The second-order valence-corrected chi connectivity index (χ2v) is 5.00. The second kappa shape index (κ2) is 5.12. The molecule has 1 aliphatic rings. The number of amides is 1. The summed E-state index contributed by atoms with van der Waals surface area (Å²) in [5, 5.41) is 13.1. The number of carbonyl (C=O) groups excluding carboxylic acids is 1. The molecular weight excluding hydrogens is 274 g/mol. The molecule has 0 aliphatic heterocycles. The highest BCUT2D eigenvalue weighted by atomic mass is 16.4. The molecule has 0 bridgehead atoms. The summed E-state index contributed by atoms with van der Waals surface area (Å²) in [6.07, 6.45) is 5.11. The third-order valence-corrected chi connectivity index (χ3v) is 3.52. The summed E-state index contributed by atoms with van der Waals surface area (Å²) in [5.41, 5.74) is 1.09. The van der Waals surface area contributed by atoms with E-state index in [4.69, 9.17) is 5.11 Å². The summed E-state index contributed by atoms with van der Waals surface area (Å²) >= 11 is 0. The van der Waals surface area contributed by atoms with Gasteiger partial charge in [0.05, 0.1) is 11.3 Å². The molecule has 1 fully saturated rings. The van der Waals surface area contributed by atoms with Crippen molar-refractivity contribution >= 4 is 17.7 Å². The van der Waals surface area contributed by atoms with Crippen LogP contribution in [0.15, 0.2) is 12.5 Å². The highest BCUT2D eigenvalue weighted by molar-refractivity contribution is 5.97. The molecule has 1 aliphatic carbocycles. The third kappa shape index (κ3) is 2.44. The number of carbonyl (C=O) groups is 2. The van der Waals surface area contributed by atoms with Crippen molar-refractivity contribution < 1.29 is 14.7 Å². The van der Waals surface area contributed by atoms with Crippen molar-refractivity contribution in [2.45, 2.75) is 32.2 Å². The summed E-state index contributed by atoms with van der Waals surface area (Å²) in [6.45, 7) is 1.62. The Kier molecular flexibility index (Phi) is 3.28. The van der Waals surface area contributed by atoms with E-state index in [0.29, 0.717) is 23.5 Å². The largest absolute Gasteiger partial charge is 0.480 e. The molecule has 0 aromatic carbocycles. The second-order valence-electron chi connectivity index (χ2n) is 5.00. The Morgan fingerprint density at radius 1 is 1.43 bits per heavy atom. The Labute approximate surface area is 120 Å². The lowest BCUT2D eigenvalue weighted by molar-refractivity contribution is -0.137. The first kappa shape index (κ1) is 13.5. The summed E-state index contributed by atoms with van der Waals surface area (Å²) in [7, 11) is 0. The zero-order valence-corrected chi connectivity index (χ0v) is 11.6. The molecule has 110 valence electrons. The van der Waals surface area contributed by atoms with E-state index in [0.717, 1.165) is 12.8 Å². The summed E-state index contributed by atoms with van der Waals surface area (Å²) in [6, 6.07) is 0.0183. The Balaban J connectivity index is 2.01. The van der Waals surface area contributed by atoms with Crippen LogP contribution in [-0.4, -0.2) is 54.1 Å². The summed E-state index contributed by atoms with van der Waals surface area (Å²) < 4.78 is 1.53. The fourth-order valence-corrected chi connectivity index (χ4v) is 2.40. The number of aromatic nitrogens is 4. The van der Waals surface area contributed by atoms with Gasteiger partial charge in [0.2, 0.25) is 0 Å². The van der Waals surface area contributed by atoms with Crippen LogP contribution in [0.5, 0.6) is 0 Å². The van der Waals surface area contributed by atoms with Gasteiger partial charge < -0.3 is 10.0 Å². The zero-order valence-electron chi connectivity index (χ0n) is 11.6. The van der Waals surface area contributed by atoms with E-state index in [2.05, 4.69) is 15.1 Å². The van der Waals surface area contributed by atoms with Crippen molar-refractivity contribution in [3.8, 4) is 0 Å². The van der Waals surface area contributed by atoms with Crippen molar-refractivity contribution in [2.75, 3.05) is 6.54 Å². The standard InChI is InChI=1S/C13H15N5O3/c1-2-10-9(5-14-13-15-7-16-18(10)13)12(21)17(6-11(19)20)8-3-4-8/h5,7-8H,2-4,6H2,1H3,(H,19,20). The lowest BCUT2D eigenvalue weighted by Gasteiger charge is -2.21. The highest BCUT2D eigenvalue weighted by Crippen LogP contribution is 2.28. The number of carboxylic acids is 1. The molecule has 3 rings (SSSR count). The molecule has 8 nitrogen and oxygen atoms in total. The van der Waals surface area contributed by atoms with Gasteiger partial charge in [-0.3, -0.25) is 9.59 Å². The van der Waals surface area contributed by atoms with Gasteiger partial charge in [0.15, 0.2) is 0 Å². The molecule has 0 unspecified atom stereocenters. The maximum atomic E-state index is 12.7. The quantitative estimate of drug-likeness (QED) is 0.853. The molecule has 2 aromatic rings. The molecule has 1 saturated carbocycles. The summed E-state index contributed by atoms with van der Waals surface area (Å²) in [4.78, 5) is 33.1. The molecule has 1 amide bonds. The number of aliphatic carboxylic acids is 1. The van der Waals surface area contributed by atoms with Crippen molar-refractivity contribution in [3.63, 3.8) is 0 Å². The zero-order chi connectivity index (χ0) is 15.0. The van der Waals surface area contributed by atoms with Crippen LogP contribution in [0.4, 0.5) is 0 Å². The number of aryl methyl sites for hydroxylation is 1. The average molecular weight is 289 g/mol. The number of rotatable bonds is 5. The van der Waals surface area contributed by atoms with Crippen LogP contribution in [0, 0.1) is 0 Å². The van der Waals surface area contributed by atoms with E-state index in [-0.39, 0.29) is 18.5 Å². The van der Waals surface area contributed by atoms with Gasteiger partial charge in [-0.1, -0.05) is 6.92 Å². The molecule has 0 atom stereocenters. The molecule has 21 heavy (non-hydrogen) atoms. The van der Waals surface area contributed by atoms with E-state index in [9.17, 15) is 9.59 Å². The van der Waals surface area contributed by atoms with E-state index in [1.165, 1.54) is 21.9 Å². The van der Waals surface area contributed by atoms with E-state index in [1.54, 1.807) is 0 Å². The maximum absolute atomic E-state index is 12.7. The fourth-order valence-electron chi connectivity index (χ4n) is 2.40. The molecule has 8 heteroatoms. The van der Waals surface area contributed by atoms with Gasteiger partial charge in [-0.05, 0) is 19.3 Å². The Hall–Kier alpha value is -2.51. The Bertz CT molecular complexity index is 707. The number of hydrogen-bond acceptors (Lipinski definition) is 5. The third-order valence-electron chi connectivity index (χ3n) is 3.52. The van der Waals surface area contributed by atoms with Crippen LogP contribution < -0.4 is 0 Å². The van der Waals surface area contributed by atoms with Gasteiger partial charge in [0, 0.05) is 12.2 Å². The van der Waals surface area contributed by atoms with E-state index in [1.807, 2.05) is 6.92 Å². The monoisotopic (exact) mass is 289 g/mol. The molecular formula is C13H15N5O3. The van der Waals surface area contributed by atoms with Crippen LogP contribution in [-0.2, 0) is 11.2 Å². The maximum Gasteiger partial charge on any atom is 0.323 e. The number of nitrogens with zero attached hydrogens (tertiary/aromatic N) is 5. The number of hydrogen-bond donors (Lipinski definition) is 1. The molecule has 1 N–H and O–H groups in total. The SMILES string of the molecule is CCc1c(C(=O)N(CC(=O)O)C2CC2)cnc2ncnn12. The first-order chi connectivity index (χ1) is 10.1. The number of fused-ring (bicyclic) bond motifs is 1. The minimum Gasteiger partial charge on any atom is -0.480 e. The van der Waals surface area contributed by atoms with Crippen LogP contribution >= 0.6 is 0 Å². The van der Waals surface area contributed by atoms with Crippen LogP contribution in [0.1, 0.15) is 35.8 Å². The summed E-state index contributed by atoms with van der Waals surface area (Å²) in [5.74, 6) is -0.885. The minimum atomic E-state index is -1.01. The number of carboxylic acid groups (broad SMARTS) is 1. The van der Waals surface area contributed by atoms with Gasteiger partial charge in [-0.15, -0.1) is 0 Å². The molecule has 2 aromatic heterocycles. The lowest BCUT2D eigenvalue weighted by Crippen LogP contribution is -2.38. The van der Waals surface area contributed by atoms with Crippen molar-refractivity contribution in [1.29, 1.82) is 0 Å². The smallest absolute Gasteiger partial charge is 0.323 e. The van der Waals surface area contributed by atoms with Crippen molar-refractivity contribution in [2.24, 2.45) is 0 Å². The first-order valence-electron chi connectivity index (χ1n) is 6.82. The predicted molar refractivity (Wildman–Crippen MR) is 71.9 cm³/mol. The van der Waals surface area contributed by atoms with E-state index >= 15 is 0 Å². The topological polar surface area (TPSA) is 101 Å². The normalized spacial score (nSPS) is 14.3. The highest BCUT2D eigenvalue weighted by Gasteiger charge is 2.35. The van der Waals surface area contributed by atoms with Gasteiger partial charge in [0.1, 0.15) is 12.9 Å². The Morgan fingerprint density at radius 3 is 2.81 bits per heavy atom. The predicted octanol–water partition coefficient (Wildman–Crippen LogP) is 0.376. The van der Waals surface area contributed by atoms with E-state index < -0.39 is 5.97 Å². The lowest BCUT2D eigenvalue weighted by atomic mass is 10.1. The van der Waals surface area contributed by atoms with Crippen LogP contribution in [0.2, 0.25) is 0 Å². The van der Waals surface area contributed by atoms with Crippen molar-refractivity contribution in [3.05, 3.63) is 23.8 Å². The minimum absolute atomic E-state index is 0.0183.